The Hall–Kier alpha value is -0.570. The highest BCUT2D eigenvalue weighted by atomic mass is 16.5. The summed E-state index contributed by atoms with van der Waals surface area (Å²) in [4.78, 5) is 11.3. The quantitative estimate of drug-likeness (QED) is 0.610. The lowest BCUT2D eigenvalue weighted by atomic mass is 10.1. The molecule has 0 aromatic heterocycles. The summed E-state index contributed by atoms with van der Waals surface area (Å²) in [5.74, 6) is -0.0201. The molecule has 3 nitrogen and oxygen atoms in total. The predicted octanol–water partition coefficient (Wildman–Crippen LogP) is 3.46. The molecule has 0 aromatic rings. The summed E-state index contributed by atoms with van der Waals surface area (Å²) in [6.07, 6.45) is 10.8. The Bertz CT molecular complexity index is 174. The number of hydrogen-bond acceptors (Lipinski definition) is 3. The number of ether oxygens (including phenoxy) is 2. The molecule has 1 aliphatic heterocycles. The first-order valence-electron chi connectivity index (χ1n) is 7.13. The Balaban J connectivity index is 2.11. The van der Waals surface area contributed by atoms with E-state index in [-0.39, 0.29) is 5.97 Å². The Kier molecular flexibility index (Phi) is 9.01. The molecule has 0 aliphatic carbocycles. The number of cyclic esters (lactones) is 1. The van der Waals surface area contributed by atoms with Gasteiger partial charge in [0.25, 0.3) is 0 Å². The largest absolute Gasteiger partial charge is 0.466 e. The zero-order valence-electron chi connectivity index (χ0n) is 10.9. The van der Waals surface area contributed by atoms with Crippen molar-refractivity contribution in [2.45, 2.75) is 64.2 Å². The lowest BCUT2D eigenvalue weighted by Gasteiger charge is -2.07. The van der Waals surface area contributed by atoms with Crippen LogP contribution in [0.1, 0.15) is 64.2 Å². The Labute approximate surface area is 105 Å². The van der Waals surface area contributed by atoms with E-state index in [1.165, 1.54) is 25.7 Å². The van der Waals surface area contributed by atoms with Crippen LogP contribution in [0.25, 0.3) is 0 Å². The summed E-state index contributed by atoms with van der Waals surface area (Å²) >= 11 is 0. The van der Waals surface area contributed by atoms with E-state index < -0.39 is 0 Å². The van der Waals surface area contributed by atoms with Crippen molar-refractivity contribution in [1.82, 2.24) is 0 Å². The Morgan fingerprint density at radius 2 is 1.18 bits per heavy atom. The van der Waals surface area contributed by atoms with Crippen molar-refractivity contribution in [2.75, 3.05) is 19.8 Å². The minimum absolute atomic E-state index is 0.0201. The van der Waals surface area contributed by atoms with Crippen LogP contribution in [0.4, 0.5) is 0 Å². The Morgan fingerprint density at radius 3 is 1.94 bits per heavy atom. The highest BCUT2D eigenvalue weighted by Gasteiger charge is 2.02. The zero-order chi connectivity index (χ0) is 12.2. The smallest absolute Gasteiger partial charge is 0.305 e. The first-order valence-corrected chi connectivity index (χ1v) is 7.13. The Morgan fingerprint density at radius 1 is 0.647 bits per heavy atom. The summed E-state index contributed by atoms with van der Waals surface area (Å²) in [6.45, 7) is 2.35. The molecular weight excluding hydrogens is 216 g/mol. The van der Waals surface area contributed by atoms with Crippen LogP contribution in [0.5, 0.6) is 0 Å². The maximum atomic E-state index is 11.3. The molecule has 1 fully saturated rings. The molecule has 0 amide bonds. The van der Waals surface area contributed by atoms with Crippen LogP contribution < -0.4 is 0 Å². The second-order valence-corrected chi connectivity index (χ2v) is 4.76. The first kappa shape index (κ1) is 14.5. The van der Waals surface area contributed by atoms with Crippen molar-refractivity contribution in [2.24, 2.45) is 0 Å². The molecule has 0 N–H and O–H groups in total. The van der Waals surface area contributed by atoms with Crippen LogP contribution in [0.15, 0.2) is 0 Å². The third-order valence-electron chi connectivity index (χ3n) is 3.12. The van der Waals surface area contributed by atoms with Gasteiger partial charge in [-0.2, -0.15) is 0 Å². The van der Waals surface area contributed by atoms with Crippen LogP contribution in [0, 0.1) is 0 Å². The van der Waals surface area contributed by atoms with Crippen molar-refractivity contribution < 1.29 is 14.3 Å². The molecule has 0 unspecified atom stereocenters. The van der Waals surface area contributed by atoms with Crippen molar-refractivity contribution in [1.29, 1.82) is 0 Å². The third-order valence-corrected chi connectivity index (χ3v) is 3.12. The first-order chi connectivity index (χ1) is 8.39. The fourth-order valence-corrected chi connectivity index (χ4v) is 2.02. The minimum atomic E-state index is -0.0201. The highest BCUT2D eigenvalue weighted by Crippen LogP contribution is 2.09. The van der Waals surface area contributed by atoms with Crippen LogP contribution in [-0.2, 0) is 14.3 Å². The molecule has 0 aromatic carbocycles. The van der Waals surface area contributed by atoms with E-state index in [1.807, 2.05) is 0 Å². The summed E-state index contributed by atoms with van der Waals surface area (Å²) in [5.41, 5.74) is 0. The predicted molar refractivity (Wildman–Crippen MR) is 67.9 cm³/mol. The van der Waals surface area contributed by atoms with E-state index in [0.717, 1.165) is 45.3 Å². The van der Waals surface area contributed by atoms with Crippen LogP contribution in [0.2, 0.25) is 0 Å². The summed E-state index contributed by atoms with van der Waals surface area (Å²) < 4.78 is 10.7. The maximum absolute atomic E-state index is 11.3. The van der Waals surface area contributed by atoms with E-state index in [9.17, 15) is 4.79 Å². The fourth-order valence-electron chi connectivity index (χ4n) is 2.02. The lowest BCUT2D eigenvalue weighted by Crippen LogP contribution is -2.06. The van der Waals surface area contributed by atoms with Gasteiger partial charge in [-0.1, -0.05) is 25.7 Å². The third kappa shape index (κ3) is 9.16. The van der Waals surface area contributed by atoms with E-state index in [1.54, 1.807) is 0 Å². The molecule has 0 bridgehead atoms. The lowest BCUT2D eigenvalue weighted by molar-refractivity contribution is -0.143. The van der Waals surface area contributed by atoms with Crippen molar-refractivity contribution in [3.63, 3.8) is 0 Å². The van der Waals surface area contributed by atoms with Gasteiger partial charge in [0.15, 0.2) is 0 Å². The van der Waals surface area contributed by atoms with Crippen molar-refractivity contribution in [3.05, 3.63) is 0 Å². The zero-order valence-corrected chi connectivity index (χ0v) is 10.9. The fraction of sp³-hybridized carbons (Fsp3) is 0.929. The summed E-state index contributed by atoms with van der Waals surface area (Å²) in [7, 11) is 0. The van der Waals surface area contributed by atoms with E-state index in [0.29, 0.717) is 13.0 Å². The van der Waals surface area contributed by atoms with Gasteiger partial charge in [0.2, 0.25) is 0 Å². The highest BCUT2D eigenvalue weighted by molar-refractivity contribution is 5.69. The molecule has 1 heterocycles. The van der Waals surface area contributed by atoms with Crippen LogP contribution in [0.3, 0.4) is 0 Å². The van der Waals surface area contributed by atoms with Crippen molar-refractivity contribution >= 4 is 5.97 Å². The van der Waals surface area contributed by atoms with Gasteiger partial charge >= 0.3 is 5.97 Å². The number of rotatable bonds is 0. The van der Waals surface area contributed by atoms with Gasteiger partial charge in [0.05, 0.1) is 6.61 Å². The molecule has 1 saturated heterocycles. The number of hydrogen-bond donors (Lipinski definition) is 0. The molecule has 100 valence electrons. The van der Waals surface area contributed by atoms with E-state index >= 15 is 0 Å². The average Bonchev–Trinajstić information content (AvgIpc) is 2.32. The molecule has 1 aliphatic rings. The molecular formula is C14H26O3. The van der Waals surface area contributed by atoms with E-state index in [4.69, 9.17) is 9.47 Å². The van der Waals surface area contributed by atoms with Gasteiger partial charge in [0.1, 0.15) is 0 Å². The molecule has 0 saturated carbocycles. The molecule has 0 spiro atoms. The number of esters is 1. The maximum Gasteiger partial charge on any atom is 0.305 e. The van der Waals surface area contributed by atoms with Gasteiger partial charge in [-0.05, 0) is 32.1 Å². The van der Waals surface area contributed by atoms with Crippen LogP contribution in [-0.4, -0.2) is 25.8 Å². The van der Waals surface area contributed by atoms with Gasteiger partial charge in [-0.3, -0.25) is 4.79 Å². The molecule has 0 radical (unpaired) electrons. The molecule has 3 heteroatoms. The molecule has 17 heavy (non-hydrogen) atoms. The number of carbonyl (C=O) groups excluding carboxylic acids is 1. The van der Waals surface area contributed by atoms with Gasteiger partial charge in [-0.25, -0.2) is 0 Å². The van der Waals surface area contributed by atoms with Crippen LogP contribution >= 0.6 is 0 Å². The average molecular weight is 242 g/mol. The van der Waals surface area contributed by atoms with Crippen molar-refractivity contribution in [3.8, 4) is 0 Å². The second-order valence-electron chi connectivity index (χ2n) is 4.76. The second kappa shape index (κ2) is 10.6. The summed E-state index contributed by atoms with van der Waals surface area (Å²) in [5, 5.41) is 0. The summed E-state index contributed by atoms with van der Waals surface area (Å²) in [6, 6.07) is 0. The monoisotopic (exact) mass is 242 g/mol. The molecule has 0 atom stereocenters. The minimum Gasteiger partial charge on any atom is -0.466 e. The molecule has 1 rings (SSSR count). The van der Waals surface area contributed by atoms with Gasteiger partial charge < -0.3 is 9.47 Å². The standard InChI is InChI=1S/C14H26O3/c15-14-10-6-3-1-2-4-7-11-16-12-8-5-9-13-17-14/h1-13H2. The van der Waals surface area contributed by atoms with E-state index in [2.05, 4.69) is 0 Å². The SMILES string of the molecule is O=C1CCCCCCCCOCCCCCO1. The normalized spacial score (nSPS) is 22.9. The van der Waals surface area contributed by atoms with Gasteiger partial charge in [0, 0.05) is 19.6 Å². The topological polar surface area (TPSA) is 35.5 Å². The number of carbonyl (C=O) groups is 1. The van der Waals surface area contributed by atoms with Gasteiger partial charge in [-0.15, -0.1) is 0 Å².